The molecule has 0 spiro atoms. The molecule has 162 valence electrons. The molecule has 4 atom stereocenters. The second-order valence-electron chi connectivity index (χ2n) is 7.71. The third-order valence-electron chi connectivity index (χ3n) is 5.40. The van der Waals surface area contributed by atoms with Gasteiger partial charge in [-0.05, 0) is 0 Å². The molecule has 4 nitrogen and oxygen atoms in total. The molecule has 0 aromatic heterocycles. The molecule has 1 unspecified atom stereocenters. The summed E-state index contributed by atoms with van der Waals surface area (Å²) in [5.41, 5.74) is 2.28. The topological polar surface area (TPSA) is 44.8 Å². The van der Waals surface area contributed by atoms with Crippen LogP contribution in [0.25, 0.3) is 0 Å². The van der Waals surface area contributed by atoms with Gasteiger partial charge in [0.25, 0.3) is 0 Å². The Balaban J connectivity index is 1.36. The molecule has 1 saturated heterocycles. The van der Waals surface area contributed by atoms with Crippen LogP contribution in [-0.4, -0.2) is 38.2 Å². The summed E-state index contributed by atoms with van der Waals surface area (Å²) in [6.07, 6.45) is 0.616. The monoisotopic (exact) mass is 484 g/mol. The first-order valence-electron chi connectivity index (χ1n) is 10.6. The molecule has 1 aliphatic heterocycles. The number of ether oxygens (including phenoxy) is 3. The second kappa shape index (κ2) is 11.5. The predicted octanol–water partition coefficient (Wildman–Crippen LogP) is 4.06. The van der Waals surface area contributed by atoms with E-state index in [4.69, 9.17) is 14.2 Å². The molecule has 4 rings (SSSR count). The van der Waals surface area contributed by atoms with Gasteiger partial charge in [-0.1, -0.05) is 0 Å². The van der Waals surface area contributed by atoms with E-state index < -0.39 is 13.8 Å². The Hall–Kier alpha value is -2.14. The van der Waals surface area contributed by atoms with Gasteiger partial charge in [-0.3, -0.25) is 0 Å². The first-order chi connectivity index (χ1) is 15.3. The van der Waals surface area contributed by atoms with E-state index in [2.05, 4.69) is 12.1 Å². The molecule has 0 radical (unpaired) electrons. The molecule has 3 aromatic carbocycles. The van der Waals surface area contributed by atoms with Crippen LogP contribution < -0.4 is 4.46 Å². The summed E-state index contributed by atoms with van der Waals surface area (Å²) in [5.74, 6) is 0.161. The zero-order chi connectivity index (χ0) is 21.3. The van der Waals surface area contributed by atoms with E-state index in [1.54, 1.807) is 0 Å². The number of hydrogen-bond donors (Lipinski definition) is 0. The molecule has 1 fully saturated rings. The van der Waals surface area contributed by atoms with Crippen molar-refractivity contribution >= 4 is 18.3 Å². The van der Waals surface area contributed by atoms with Gasteiger partial charge in [0, 0.05) is 0 Å². The van der Waals surface area contributed by atoms with Crippen molar-refractivity contribution < 1.29 is 18.0 Å². The van der Waals surface area contributed by atoms with Crippen molar-refractivity contribution in [2.45, 2.75) is 30.7 Å². The fourth-order valence-corrected chi connectivity index (χ4v) is 6.65. The molecule has 0 N–H and O–H groups in total. The molecular formula is C26H28O4Se. The predicted molar refractivity (Wildman–Crippen MR) is 121 cm³/mol. The van der Waals surface area contributed by atoms with Gasteiger partial charge < -0.3 is 0 Å². The van der Waals surface area contributed by atoms with E-state index in [9.17, 15) is 3.83 Å². The van der Waals surface area contributed by atoms with Gasteiger partial charge in [-0.2, -0.15) is 0 Å². The Morgan fingerprint density at radius 1 is 0.742 bits per heavy atom. The number of benzene rings is 3. The molecule has 0 saturated carbocycles. The Morgan fingerprint density at radius 3 is 1.84 bits per heavy atom. The Kier molecular flexibility index (Phi) is 8.17. The maximum absolute atomic E-state index is 13.1. The summed E-state index contributed by atoms with van der Waals surface area (Å²) < 4.78 is 32.3. The van der Waals surface area contributed by atoms with E-state index in [1.807, 2.05) is 78.9 Å². The normalized spacial score (nSPS) is 21.7. The van der Waals surface area contributed by atoms with Crippen LogP contribution in [0.15, 0.2) is 91.0 Å². The fraction of sp³-hybridized carbons (Fsp3) is 0.308. The van der Waals surface area contributed by atoms with Gasteiger partial charge in [-0.25, -0.2) is 0 Å². The quantitative estimate of drug-likeness (QED) is 0.408. The standard InChI is InChI=1S/C26H28O4Se/c27-31(24-14-8-3-9-15-24)26-16-23(19-28-17-21-10-4-1-5-11-21)25(30-26)20-29-18-22-12-6-2-7-13-22/h1-15,23,25-26H,16-20H2/t23-,25+,26+,31?/m0/s1. The molecule has 0 amide bonds. The third kappa shape index (κ3) is 6.42. The van der Waals surface area contributed by atoms with Crippen LogP contribution in [-0.2, 0) is 31.3 Å². The molecule has 31 heavy (non-hydrogen) atoms. The maximum atomic E-state index is 13.1. The summed E-state index contributed by atoms with van der Waals surface area (Å²) in [5, 5.41) is -0.252. The third-order valence-corrected chi connectivity index (χ3v) is 8.58. The van der Waals surface area contributed by atoms with E-state index in [-0.39, 0.29) is 17.0 Å². The van der Waals surface area contributed by atoms with E-state index in [1.165, 1.54) is 0 Å². The summed E-state index contributed by atoms with van der Waals surface area (Å²) in [7, 11) is 0. The van der Waals surface area contributed by atoms with E-state index in [0.29, 0.717) is 26.4 Å². The van der Waals surface area contributed by atoms with Crippen LogP contribution in [0.5, 0.6) is 0 Å². The van der Waals surface area contributed by atoms with Crippen molar-refractivity contribution in [2.75, 3.05) is 13.2 Å². The number of hydrogen-bond acceptors (Lipinski definition) is 4. The Labute approximate surface area is 188 Å². The molecule has 1 heterocycles. The fourth-order valence-electron chi connectivity index (χ4n) is 3.73. The van der Waals surface area contributed by atoms with Gasteiger partial charge in [0.15, 0.2) is 0 Å². The Morgan fingerprint density at radius 2 is 1.26 bits per heavy atom. The zero-order valence-electron chi connectivity index (χ0n) is 17.5. The van der Waals surface area contributed by atoms with Crippen molar-refractivity contribution in [2.24, 2.45) is 5.92 Å². The molecule has 1 aliphatic rings. The summed E-state index contributed by atoms with van der Waals surface area (Å²) in [6, 6.07) is 29.9. The van der Waals surface area contributed by atoms with Crippen LogP contribution in [0.3, 0.4) is 0 Å². The van der Waals surface area contributed by atoms with Crippen molar-refractivity contribution in [1.82, 2.24) is 0 Å². The van der Waals surface area contributed by atoms with Crippen LogP contribution >= 0.6 is 0 Å². The van der Waals surface area contributed by atoms with Crippen LogP contribution in [0.4, 0.5) is 0 Å². The summed E-state index contributed by atoms with van der Waals surface area (Å²) in [6.45, 7) is 2.14. The van der Waals surface area contributed by atoms with Crippen LogP contribution in [0, 0.1) is 5.92 Å². The second-order valence-corrected chi connectivity index (χ2v) is 11.1. The molecule has 5 heteroatoms. The van der Waals surface area contributed by atoms with Crippen LogP contribution in [0.2, 0.25) is 0 Å². The van der Waals surface area contributed by atoms with Crippen molar-refractivity contribution in [3.05, 3.63) is 102 Å². The minimum absolute atomic E-state index is 0.117. The minimum atomic E-state index is -2.30. The van der Waals surface area contributed by atoms with Crippen molar-refractivity contribution in [1.29, 1.82) is 0 Å². The van der Waals surface area contributed by atoms with Crippen molar-refractivity contribution in [3.8, 4) is 0 Å². The Bertz CT molecular complexity index is 880. The van der Waals surface area contributed by atoms with Crippen LogP contribution in [0.1, 0.15) is 17.5 Å². The molecule has 0 aliphatic carbocycles. The average molecular weight is 483 g/mol. The van der Waals surface area contributed by atoms with Gasteiger partial charge in [-0.15, -0.1) is 0 Å². The summed E-state index contributed by atoms with van der Waals surface area (Å²) >= 11 is -2.30. The van der Waals surface area contributed by atoms with Gasteiger partial charge >= 0.3 is 188 Å². The van der Waals surface area contributed by atoms with E-state index in [0.717, 1.165) is 22.0 Å². The van der Waals surface area contributed by atoms with Crippen molar-refractivity contribution in [3.63, 3.8) is 0 Å². The zero-order valence-corrected chi connectivity index (χ0v) is 19.2. The average Bonchev–Trinajstić information content (AvgIpc) is 3.23. The molecule has 3 aromatic rings. The van der Waals surface area contributed by atoms with Gasteiger partial charge in [0.1, 0.15) is 0 Å². The summed E-state index contributed by atoms with van der Waals surface area (Å²) in [4.78, 5) is 0. The van der Waals surface area contributed by atoms with Gasteiger partial charge in [0.2, 0.25) is 0 Å². The number of rotatable bonds is 10. The van der Waals surface area contributed by atoms with Gasteiger partial charge in [0.05, 0.1) is 0 Å². The molecular weight excluding hydrogens is 455 g/mol. The first-order valence-corrected chi connectivity index (χ1v) is 13.2. The SMILES string of the molecule is O=[Se](c1ccccc1)[C@@H]1C[C@@H](COCc2ccccc2)[C@@H](COCc2ccccc2)O1. The molecule has 0 bridgehead atoms. The van der Waals surface area contributed by atoms with E-state index >= 15 is 0 Å². The first kappa shape index (κ1) is 22.1.